The van der Waals surface area contributed by atoms with Crippen molar-refractivity contribution in [3.8, 4) is 11.3 Å². The monoisotopic (exact) mass is 415 g/mol. The van der Waals surface area contributed by atoms with Crippen molar-refractivity contribution < 1.29 is 18.0 Å². The van der Waals surface area contributed by atoms with Crippen LogP contribution in [0.2, 0.25) is 0 Å². The van der Waals surface area contributed by atoms with Gasteiger partial charge < -0.3 is 14.8 Å². The Hall–Kier alpha value is -2.80. The number of anilines is 1. The smallest absolute Gasteiger partial charge is 0.288 e. The summed E-state index contributed by atoms with van der Waals surface area (Å²) in [6.45, 7) is 1.97. The SMILES string of the molecule is CN1CCC(Nc2cccc3c2cc(-c2ccc(C=O)cc2)n3C(F)C(F)F)CC1. The van der Waals surface area contributed by atoms with Gasteiger partial charge >= 0.3 is 0 Å². The number of rotatable bonds is 6. The number of aromatic nitrogens is 1. The number of likely N-dealkylation sites (tertiary alicyclic amines) is 1. The molecule has 2 heterocycles. The van der Waals surface area contributed by atoms with Gasteiger partial charge in [0.25, 0.3) is 6.43 Å². The van der Waals surface area contributed by atoms with Gasteiger partial charge in [0.1, 0.15) is 6.29 Å². The number of hydrogen-bond acceptors (Lipinski definition) is 3. The minimum absolute atomic E-state index is 0.279. The maximum Gasteiger partial charge on any atom is 0.288 e. The van der Waals surface area contributed by atoms with Crippen molar-refractivity contribution in [1.82, 2.24) is 9.47 Å². The van der Waals surface area contributed by atoms with E-state index in [4.69, 9.17) is 0 Å². The lowest BCUT2D eigenvalue weighted by Crippen LogP contribution is -2.36. The number of alkyl halides is 3. The molecule has 1 aromatic heterocycles. The third-order valence-electron chi connectivity index (χ3n) is 5.76. The Balaban J connectivity index is 1.79. The molecule has 1 unspecified atom stereocenters. The van der Waals surface area contributed by atoms with Crippen molar-refractivity contribution in [2.24, 2.45) is 0 Å². The summed E-state index contributed by atoms with van der Waals surface area (Å²) in [5.74, 6) is 0. The Morgan fingerprint density at radius 3 is 2.40 bits per heavy atom. The van der Waals surface area contributed by atoms with Gasteiger partial charge in [0.2, 0.25) is 6.30 Å². The van der Waals surface area contributed by atoms with Crippen LogP contribution in [0.15, 0.2) is 48.5 Å². The number of benzene rings is 2. The van der Waals surface area contributed by atoms with Crippen LogP contribution in [0.5, 0.6) is 0 Å². The van der Waals surface area contributed by atoms with Crippen molar-refractivity contribution in [3.05, 3.63) is 54.1 Å². The van der Waals surface area contributed by atoms with Crippen molar-refractivity contribution in [2.75, 3.05) is 25.5 Å². The highest BCUT2D eigenvalue weighted by molar-refractivity contribution is 5.97. The zero-order valence-electron chi connectivity index (χ0n) is 16.7. The van der Waals surface area contributed by atoms with E-state index in [1.165, 1.54) is 0 Å². The lowest BCUT2D eigenvalue weighted by Gasteiger charge is -2.30. The number of carbonyl (C=O) groups is 1. The second-order valence-electron chi connectivity index (χ2n) is 7.81. The first-order valence-electron chi connectivity index (χ1n) is 10.0. The molecule has 1 atom stereocenters. The number of piperidine rings is 1. The predicted molar refractivity (Wildman–Crippen MR) is 113 cm³/mol. The number of nitrogens with one attached hydrogen (secondary N) is 1. The highest BCUT2D eigenvalue weighted by atomic mass is 19.3. The quantitative estimate of drug-likeness (QED) is 0.551. The molecule has 7 heteroatoms. The minimum atomic E-state index is -3.15. The van der Waals surface area contributed by atoms with Crippen LogP contribution in [0.1, 0.15) is 29.5 Å². The maximum absolute atomic E-state index is 14.7. The Morgan fingerprint density at radius 2 is 1.77 bits per heavy atom. The number of halogens is 3. The fourth-order valence-electron chi connectivity index (χ4n) is 4.08. The predicted octanol–water partition coefficient (Wildman–Crippen LogP) is 5.36. The molecule has 158 valence electrons. The number of carbonyl (C=O) groups excluding carboxylic acids is 1. The van der Waals surface area contributed by atoms with Gasteiger partial charge in [0, 0.05) is 22.7 Å². The van der Waals surface area contributed by atoms with Crippen molar-refractivity contribution in [2.45, 2.75) is 31.6 Å². The average Bonchev–Trinajstić information content (AvgIpc) is 3.15. The molecule has 1 aliphatic heterocycles. The van der Waals surface area contributed by atoms with Crippen LogP contribution in [0, 0.1) is 0 Å². The Morgan fingerprint density at radius 1 is 1.07 bits per heavy atom. The molecular weight excluding hydrogens is 391 g/mol. The van der Waals surface area contributed by atoms with Gasteiger partial charge in [-0.05, 0) is 56.7 Å². The molecule has 1 saturated heterocycles. The van der Waals surface area contributed by atoms with E-state index >= 15 is 0 Å². The zero-order valence-corrected chi connectivity index (χ0v) is 16.7. The molecule has 0 saturated carbocycles. The van der Waals surface area contributed by atoms with Crippen LogP contribution in [0.3, 0.4) is 0 Å². The number of hydrogen-bond donors (Lipinski definition) is 1. The molecule has 0 amide bonds. The summed E-state index contributed by atoms with van der Waals surface area (Å²) in [6, 6.07) is 13.8. The highest BCUT2D eigenvalue weighted by Gasteiger charge is 2.27. The van der Waals surface area contributed by atoms with Crippen LogP contribution in [0.4, 0.5) is 18.9 Å². The van der Waals surface area contributed by atoms with Gasteiger partial charge in [-0.1, -0.05) is 30.3 Å². The fourth-order valence-corrected chi connectivity index (χ4v) is 4.08. The van der Waals surface area contributed by atoms with Crippen LogP contribution in [0.25, 0.3) is 22.2 Å². The average molecular weight is 415 g/mol. The number of aldehydes is 1. The van der Waals surface area contributed by atoms with Gasteiger partial charge in [-0.2, -0.15) is 0 Å². The largest absolute Gasteiger partial charge is 0.382 e. The third-order valence-corrected chi connectivity index (χ3v) is 5.76. The van der Waals surface area contributed by atoms with Gasteiger partial charge in [-0.15, -0.1) is 0 Å². The molecule has 0 bridgehead atoms. The summed E-state index contributed by atoms with van der Waals surface area (Å²) < 4.78 is 42.5. The molecular formula is C23H24F3N3O. The molecule has 4 rings (SSSR count). The van der Waals surface area contributed by atoms with Crippen LogP contribution >= 0.6 is 0 Å². The van der Waals surface area contributed by atoms with E-state index in [1.807, 2.05) is 6.07 Å². The molecule has 1 fully saturated rings. The van der Waals surface area contributed by atoms with E-state index in [2.05, 4.69) is 17.3 Å². The van der Waals surface area contributed by atoms with Crippen LogP contribution in [-0.2, 0) is 0 Å². The molecule has 0 spiro atoms. The van der Waals surface area contributed by atoms with Gasteiger partial charge in [0.05, 0.1) is 11.2 Å². The maximum atomic E-state index is 14.7. The van der Waals surface area contributed by atoms with E-state index < -0.39 is 12.7 Å². The highest BCUT2D eigenvalue weighted by Crippen LogP contribution is 2.37. The summed E-state index contributed by atoms with van der Waals surface area (Å²) >= 11 is 0. The normalized spacial score (nSPS) is 16.8. The zero-order chi connectivity index (χ0) is 21.3. The van der Waals surface area contributed by atoms with Crippen molar-refractivity contribution in [1.29, 1.82) is 0 Å². The summed E-state index contributed by atoms with van der Waals surface area (Å²) in [6.07, 6.45) is -2.95. The number of fused-ring (bicyclic) bond motifs is 1. The van der Waals surface area contributed by atoms with Crippen LogP contribution in [-0.4, -0.2) is 48.4 Å². The Kier molecular flexibility index (Phi) is 5.81. The van der Waals surface area contributed by atoms with Crippen molar-refractivity contribution >= 4 is 22.9 Å². The summed E-state index contributed by atoms with van der Waals surface area (Å²) in [5.41, 5.74) is 2.62. The second kappa shape index (κ2) is 8.52. The summed E-state index contributed by atoms with van der Waals surface area (Å²) in [4.78, 5) is 13.2. The first-order valence-corrected chi connectivity index (χ1v) is 10.0. The molecule has 2 aromatic carbocycles. The topological polar surface area (TPSA) is 37.3 Å². The summed E-state index contributed by atoms with van der Waals surface area (Å²) in [7, 11) is 2.09. The molecule has 3 aromatic rings. The lowest BCUT2D eigenvalue weighted by molar-refractivity contribution is 0.0115. The standard InChI is InChI=1S/C23H24F3N3O/c1-28-11-9-17(10-12-28)27-19-3-2-4-20-18(19)13-21(29(20)23(26)22(24)25)16-7-5-15(14-30)6-8-16/h2-8,13-14,17,22-23,27H,9-12H2,1H3. The molecule has 1 N–H and O–H groups in total. The number of nitrogens with zero attached hydrogens (tertiary/aromatic N) is 2. The van der Waals surface area contributed by atoms with E-state index in [9.17, 15) is 18.0 Å². The Bertz CT molecular complexity index is 1020. The Labute approximate surface area is 173 Å². The van der Waals surface area contributed by atoms with Gasteiger partial charge in [0.15, 0.2) is 0 Å². The molecule has 1 aliphatic rings. The third kappa shape index (κ3) is 3.94. The van der Waals surface area contributed by atoms with Gasteiger partial charge in [-0.25, -0.2) is 13.2 Å². The lowest BCUT2D eigenvalue weighted by atomic mass is 10.0. The van der Waals surface area contributed by atoms with Crippen LogP contribution < -0.4 is 5.32 Å². The van der Waals surface area contributed by atoms with E-state index in [1.54, 1.807) is 42.5 Å². The van der Waals surface area contributed by atoms with Crippen molar-refractivity contribution in [3.63, 3.8) is 0 Å². The molecule has 0 radical (unpaired) electrons. The molecule has 4 nitrogen and oxygen atoms in total. The van der Waals surface area contributed by atoms with Gasteiger partial charge in [-0.3, -0.25) is 4.79 Å². The summed E-state index contributed by atoms with van der Waals surface area (Å²) in [5, 5.41) is 4.23. The molecule has 30 heavy (non-hydrogen) atoms. The molecule has 0 aliphatic carbocycles. The fraction of sp³-hybridized carbons (Fsp3) is 0.348. The first kappa shape index (κ1) is 20.5. The second-order valence-corrected chi connectivity index (χ2v) is 7.81. The van der Waals surface area contributed by atoms with E-state index in [-0.39, 0.29) is 6.04 Å². The van der Waals surface area contributed by atoms with E-state index in [0.29, 0.717) is 34.0 Å². The van der Waals surface area contributed by atoms with E-state index in [0.717, 1.165) is 36.2 Å². The minimum Gasteiger partial charge on any atom is -0.382 e. The first-order chi connectivity index (χ1) is 14.5.